The summed E-state index contributed by atoms with van der Waals surface area (Å²) < 4.78 is 10.3. The van der Waals surface area contributed by atoms with Crippen molar-refractivity contribution in [3.05, 3.63) is 0 Å². The summed E-state index contributed by atoms with van der Waals surface area (Å²) in [5, 5.41) is 0. The molecule has 0 fully saturated rings. The van der Waals surface area contributed by atoms with E-state index in [2.05, 4.69) is 8.53 Å². The Bertz CT molecular complexity index is 96.3. The van der Waals surface area contributed by atoms with Crippen LogP contribution < -0.4 is 0 Å². The summed E-state index contributed by atoms with van der Waals surface area (Å²) in [6.07, 6.45) is 0.784. The highest BCUT2D eigenvalue weighted by Crippen LogP contribution is 2.15. The topological polar surface area (TPSA) is 17.1 Å². The number of rotatable bonds is 2. The zero-order chi connectivity index (χ0) is 5.86. The summed E-state index contributed by atoms with van der Waals surface area (Å²) >= 11 is 0. The maximum Gasteiger partial charge on any atom is 0.116 e. The molecule has 0 rings (SSSR count). The van der Waals surface area contributed by atoms with Crippen molar-refractivity contribution >= 4 is 15.6 Å². The van der Waals surface area contributed by atoms with Gasteiger partial charge in [-0.3, -0.25) is 4.57 Å². The predicted molar refractivity (Wildman–Crippen MR) is 35.6 cm³/mol. The summed E-state index contributed by atoms with van der Waals surface area (Å²) in [4.78, 5) is 0. The van der Waals surface area contributed by atoms with E-state index in [0.717, 1.165) is 6.16 Å². The molecule has 0 aliphatic heterocycles. The zero-order valence-electron chi connectivity index (χ0n) is 4.64. The Labute approximate surface area is 47.0 Å². The van der Waals surface area contributed by atoms with Crippen molar-refractivity contribution < 1.29 is 4.57 Å². The van der Waals surface area contributed by atoms with Crippen molar-refractivity contribution in [1.29, 1.82) is 0 Å². The van der Waals surface area contributed by atoms with E-state index in [9.17, 15) is 4.57 Å². The van der Waals surface area contributed by atoms with E-state index < -0.39 is 7.09 Å². The van der Waals surface area contributed by atoms with Crippen LogP contribution in [0, 0.1) is 5.92 Å². The molecule has 1 nitrogen and oxygen atoms in total. The van der Waals surface area contributed by atoms with E-state index in [4.69, 9.17) is 0 Å². The van der Waals surface area contributed by atoms with E-state index in [1.807, 2.05) is 13.8 Å². The first kappa shape index (κ1) is 7.40. The van der Waals surface area contributed by atoms with Crippen LogP contribution in [0.2, 0.25) is 0 Å². The summed E-state index contributed by atoms with van der Waals surface area (Å²) in [5.41, 5.74) is 0. The number of hydrogen-bond acceptors (Lipinski definition) is 1. The predicted octanol–water partition coefficient (Wildman–Crippen LogP) is 2.53. The van der Waals surface area contributed by atoms with Crippen LogP contribution in [0.3, 0.4) is 0 Å². The molecule has 0 bridgehead atoms. The van der Waals surface area contributed by atoms with E-state index in [0.29, 0.717) is 5.92 Å². The van der Waals surface area contributed by atoms with Crippen LogP contribution in [0.25, 0.3) is 0 Å². The molecule has 0 radical (unpaired) electrons. The van der Waals surface area contributed by atoms with Crippen LogP contribution in [-0.2, 0) is 4.57 Å². The van der Waals surface area contributed by atoms with Gasteiger partial charge < -0.3 is 0 Å². The second kappa shape index (κ2) is 3.41. The third kappa shape index (κ3) is 6.40. The average Bonchev–Trinajstić information content (AvgIpc) is 1.27. The lowest BCUT2D eigenvalue weighted by Crippen LogP contribution is -1.84. The molecule has 0 saturated carbocycles. The monoisotopic (exact) mass is 136 g/mol. The first-order valence-electron chi connectivity index (χ1n) is 2.29. The summed E-state index contributed by atoms with van der Waals surface area (Å²) in [5.74, 6) is 0.543. The first-order valence-corrected chi connectivity index (χ1v) is 5.07. The third-order valence-electron chi connectivity index (χ3n) is 0.531. The quantitative estimate of drug-likeness (QED) is 0.533. The normalized spacial score (nSPS) is 12.1. The van der Waals surface area contributed by atoms with Gasteiger partial charge in [0.2, 0.25) is 0 Å². The Hall–Kier alpha value is 0.400. The van der Waals surface area contributed by atoms with Crippen molar-refractivity contribution in [1.82, 2.24) is 0 Å². The molecule has 0 aromatic carbocycles. The molecule has 0 heterocycles. The molecule has 0 saturated heterocycles. The fraction of sp³-hybridized carbons (Fsp3) is 1.00. The van der Waals surface area contributed by atoms with Gasteiger partial charge in [-0.25, -0.2) is 0 Å². The van der Waals surface area contributed by atoms with Crippen molar-refractivity contribution in [2.75, 3.05) is 6.16 Å². The molecule has 42 valence electrons. The molecule has 0 aliphatic rings. The van der Waals surface area contributed by atoms with E-state index in [1.165, 1.54) is 0 Å². The van der Waals surface area contributed by atoms with Gasteiger partial charge in [-0.1, -0.05) is 22.4 Å². The van der Waals surface area contributed by atoms with Crippen molar-refractivity contribution in [3.63, 3.8) is 0 Å². The van der Waals surface area contributed by atoms with Gasteiger partial charge >= 0.3 is 0 Å². The van der Waals surface area contributed by atoms with Gasteiger partial charge in [-0.15, -0.1) is 0 Å². The Morgan fingerprint density at radius 1 is 1.71 bits per heavy atom. The smallest absolute Gasteiger partial charge is 0.116 e. The van der Waals surface area contributed by atoms with Gasteiger partial charge in [0, 0.05) is 6.16 Å². The average molecular weight is 136 g/mol. The van der Waals surface area contributed by atoms with Gasteiger partial charge in [0.15, 0.2) is 0 Å². The van der Waals surface area contributed by atoms with Gasteiger partial charge in [0.1, 0.15) is 7.09 Å². The molecule has 0 spiro atoms. The minimum atomic E-state index is -1.08. The summed E-state index contributed by atoms with van der Waals surface area (Å²) in [6.45, 7) is 4.10. The summed E-state index contributed by atoms with van der Waals surface area (Å²) in [7, 11) is 1.94. The molecular formula is C4H10OP2. The van der Waals surface area contributed by atoms with Crippen molar-refractivity contribution in [2.24, 2.45) is 5.92 Å². The maximum absolute atomic E-state index is 10.3. The van der Waals surface area contributed by atoms with Crippen LogP contribution in [0.1, 0.15) is 13.8 Å². The van der Waals surface area contributed by atoms with E-state index in [-0.39, 0.29) is 0 Å². The fourth-order valence-corrected chi connectivity index (χ4v) is 2.09. The highest BCUT2D eigenvalue weighted by atomic mass is 31.7. The van der Waals surface area contributed by atoms with Crippen LogP contribution in [0.15, 0.2) is 0 Å². The molecule has 0 aliphatic carbocycles. The second-order valence-corrected chi connectivity index (χ2v) is 4.57. The Kier molecular flexibility index (Phi) is 3.60. The lowest BCUT2D eigenvalue weighted by Gasteiger charge is -1.91. The molecule has 1 unspecified atom stereocenters. The molecule has 0 aromatic rings. The second-order valence-electron chi connectivity index (χ2n) is 1.95. The SMILES string of the molecule is CC(C)CP(=O)=P. The molecule has 7 heavy (non-hydrogen) atoms. The van der Waals surface area contributed by atoms with Crippen molar-refractivity contribution in [3.8, 4) is 0 Å². The minimum absolute atomic E-state index is 0.543. The Balaban J connectivity index is 3.32. The van der Waals surface area contributed by atoms with Crippen LogP contribution in [0.5, 0.6) is 0 Å². The highest BCUT2D eigenvalue weighted by Gasteiger charge is 1.90. The maximum atomic E-state index is 10.3. The lowest BCUT2D eigenvalue weighted by atomic mass is 10.3. The fourth-order valence-electron chi connectivity index (χ4n) is 0.332. The van der Waals surface area contributed by atoms with Gasteiger partial charge in [0.05, 0.1) is 0 Å². The van der Waals surface area contributed by atoms with E-state index >= 15 is 0 Å². The van der Waals surface area contributed by atoms with E-state index in [1.54, 1.807) is 0 Å². The van der Waals surface area contributed by atoms with Crippen LogP contribution >= 0.6 is 15.6 Å². The molecular weight excluding hydrogens is 126 g/mol. The third-order valence-corrected chi connectivity index (χ3v) is 2.14. The standard InChI is InChI=1S/C4H10OP2/c1-4(2)3-7(5)6/h4,6H,3H2,1-2H3. The Morgan fingerprint density at radius 2 is 2.14 bits per heavy atom. The Morgan fingerprint density at radius 3 is 2.14 bits per heavy atom. The molecule has 1 atom stereocenters. The van der Waals surface area contributed by atoms with Crippen LogP contribution in [-0.4, -0.2) is 6.16 Å². The highest BCUT2D eigenvalue weighted by molar-refractivity contribution is 7.78. The van der Waals surface area contributed by atoms with Gasteiger partial charge in [-0.05, 0) is 5.92 Å². The molecule has 0 N–H and O–H groups in total. The molecule has 0 aromatic heterocycles. The largest absolute Gasteiger partial charge is 0.278 e. The number of hydrogen-bond donors (Lipinski definition) is 0. The molecule has 3 heteroatoms. The minimum Gasteiger partial charge on any atom is -0.278 e. The van der Waals surface area contributed by atoms with Crippen molar-refractivity contribution in [2.45, 2.75) is 13.8 Å². The summed E-state index contributed by atoms with van der Waals surface area (Å²) in [6, 6.07) is 0. The van der Waals surface area contributed by atoms with Gasteiger partial charge in [0.25, 0.3) is 0 Å². The molecule has 0 amide bonds. The zero-order valence-corrected chi connectivity index (χ0v) is 6.53. The first-order chi connectivity index (χ1) is 3.13. The lowest BCUT2D eigenvalue weighted by molar-refractivity contribution is 0.590. The van der Waals surface area contributed by atoms with Gasteiger partial charge in [-0.2, -0.15) is 0 Å². The van der Waals surface area contributed by atoms with Crippen LogP contribution in [0.4, 0.5) is 0 Å².